The van der Waals surface area contributed by atoms with Crippen LogP contribution in [0.5, 0.6) is 0 Å². The highest BCUT2D eigenvalue weighted by Gasteiger charge is 2.11. The highest BCUT2D eigenvalue weighted by molar-refractivity contribution is 6.18. The monoisotopic (exact) mass is 142 g/mol. The Labute approximate surface area is 59.4 Å². The van der Waals surface area contributed by atoms with E-state index in [9.17, 15) is 9.59 Å². The smallest absolute Gasteiger partial charge is 0.169 e. The highest BCUT2D eigenvalue weighted by Crippen LogP contribution is 1.99. The van der Waals surface area contributed by atoms with Crippen LogP contribution in [0.1, 0.15) is 20.3 Å². The van der Waals surface area contributed by atoms with Crippen molar-refractivity contribution < 1.29 is 14.7 Å². The molecule has 0 amide bonds. The molecule has 0 atom stereocenters. The molecule has 0 radical (unpaired) electrons. The van der Waals surface area contributed by atoms with Crippen LogP contribution in [0.15, 0.2) is 11.8 Å². The summed E-state index contributed by atoms with van der Waals surface area (Å²) in [4.78, 5) is 21.3. The maximum absolute atomic E-state index is 10.7. The molecule has 0 aromatic heterocycles. The van der Waals surface area contributed by atoms with E-state index in [0.29, 0.717) is 6.26 Å². The van der Waals surface area contributed by atoms with Gasteiger partial charge in [0.15, 0.2) is 11.6 Å². The van der Waals surface area contributed by atoms with Gasteiger partial charge in [-0.3, -0.25) is 9.59 Å². The molecule has 0 heterocycles. The molecule has 0 aliphatic carbocycles. The van der Waals surface area contributed by atoms with Crippen LogP contribution in [0.3, 0.4) is 0 Å². The Morgan fingerprint density at radius 1 is 1.50 bits per heavy atom. The maximum atomic E-state index is 10.7. The standard InChI is InChI=1S/C7H10O3/c1-3-7(10)6(4-8)5(2)9/h4,8H,3H2,1-2H3. The zero-order valence-corrected chi connectivity index (χ0v) is 6.05. The summed E-state index contributed by atoms with van der Waals surface area (Å²) >= 11 is 0. The van der Waals surface area contributed by atoms with Crippen molar-refractivity contribution in [2.75, 3.05) is 0 Å². The zero-order chi connectivity index (χ0) is 8.15. The molecule has 0 saturated carbocycles. The fourth-order valence-electron chi connectivity index (χ4n) is 0.550. The lowest BCUT2D eigenvalue weighted by molar-refractivity contribution is -0.120. The summed E-state index contributed by atoms with van der Waals surface area (Å²) in [6, 6.07) is 0. The van der Waals surface area contributed by atoms with Crippen molar-refractivity contribution in [3.8, 4) is 0 Å². The van der Waals surface area contributed by atoms with Gasteiger partial charge in [0.25, 0.3) is 0 Å². The van der Waals surface area contributed by atoms with Crippen LogP contribution >= 0.6 is 0 Å². The van der Waals surface area contributed by atoms with Crippen LogP contribution in [0, 0.1) is 0 Å². The molecule has 0 unspecified atom stereocenters. The van der Waals surface area contributed by atoms with Crippen LogP contribution in [0.2, 0.25) is 0 Å². The predicted octanol–water partition coefficient (Wildman–Crippen LogP) is 0.996. The summed E-state index contributed by atoms with van der Waals surface area (Å²) < 4.78 is 0. The van der Waals surface area contributed by atoms with Gasteiger partial charge < -0.3 is 5.11 Å². The fraction of sp³-hybridized carbons (Fsp3) is 0.429. The molecule has 56 valence electrons. The molecule has 0 rings (SSSR count). The third kappa shape index (κ3) is 2.01. The largest absolute Gasteiger partial charge is 0.515 e. The lowest BCUT2D eigenvalue weighted by atomic mass is 10.1. The summed E-state index contributed by atoms with van der Waals surface area (Å²) in [5.41, 5.74) is -0.123. The lowest BCUT2D eigenvalue weighted by Crippen LogP contribution is -2.08. The Kier molecular flexibility index (Phi) is 3.39. The Morgan fingerprint density at radius 2 is 2.00 bits per heavy atom. The van der Waals surface area contributed by atoms with Crippen molar-refractivity contribution in [2.24, 2.45) is 0 Å². The number of rotatable bonds is 3. The zero-order valence-electron chi connectivity index (χ0n) is 6.05. The van der Waals surface area contributed by atoms with Crippen molar-refractivity contribution in [1.29, 1.82) is 0 Å². The fourth-order valence-corrected chi connectivity index (χ4v) is 0.550. The summed E-state index contributed by atoms with van der Waals surface area (Å²) in [7, 11) is 0. The van der Waals surface area contributed by atoms with Gasteiger partial charge in [-0.25, -0.2) is 0 Å². The van der Waals surface area contributed by atoms with Crippen LogP contribution in [-0.2, 0) is 9.59 Å². The van der Waals surface area contributed by atoms with E-state index in [0.717, 1.165) is 0 Å². The van der Waals surface area contributed by atoms with Gasteiger partial charge in [0, 0.05) is 6.42 Å². The van der Waals surface area contributed by atoms with Gasteiger partial charge in [-0.1, -0.05) is 6.92 Å². The average Bonchev–Trinajstić information content (AvgIpc) is 1.88. The molecule has 1 N–H and O–H groups in total. The van der Waals surface area contributed by atoms with E-state index < -0.39 is 5.78 Å². The molecular formula is C7H10O3. The first-order valence-corrected chi connectivity index (χ1v) is 3.02. The van der Waals surface area contributed by atoms with Crippen molar-refractivity contribution in [2.45, 2.75) is 20.3 Å². The number of carbonyl (C=O) groups is 2. The number of carbonyl (C=O) groups excluding carboxylic acids is 2. The van der Waals surface area contributed by atoms with Crippen LogP contribution in [0.25, 0.3) is 0 Å². The normalized spacial score (nSPS) is 11.2. The van der Waals surface area contributed by atoms with E-state index in [1.165, 1.54) is 6.92 Å². The molecule has 0 saturated heterocycles. The van der Waals surface area contributed by atoms with E-state index in [1.54, 1.807) is 6.92 Å². The van der Waals surface area contributed by atoms with Gasteiger partial charge in [-0.2, -0.15) is 0 Å². The van der Waals surface area contributed by atoms with Gasteiger partial charge in [0.2, 0.25) is 0 Å². The predicted molar refractivity (Wildman–Crippen MR) is 36.7 cm³/mol. The second-order valence-corrected chi connectivity index (χ2v) is 1.88. The minimum atomic E-state index is -0.394. The Bertz CT molecular complexity index is 179. The van der Waals surface area contributed by atoms with Crippen molar-refractivity contribution in [3.05, 3.63) is 11.8 Å². The third-order valence-corrected chi connectivity index (χ3v) is 1.13. The van der Waals surface area contributed by atoms with Gasteiger partial charge in [0.05, 0.1) is 11.8 Å². The maximum Gasteiger partial charge on any atom is 0.169 e. The van der Waals surface area contributed by atoms with Gasteiger partial charge in [-0.05, 0) is 6.92 Å². The molecule has 0 aromatic carbocycles. The number of ketones is 2. The molecule has 0 aromatic rings. The van der Waals surface area contributed by atoms with E-state index >= 15 is 0 Å². The second-order valence-electron chi connectivity index (χ2n) is 1.88. The molecule has 0 aliphatic heterocycles. The van der Waals surface area contributed by atoms with E-state index in [4.69, 9.17) is 5.11 Å². The molecule has 0 bridgehead atoms. The summed E-state index contributed by atoms with van der Waals surface area (Å²) in [5, 5.41) is 8.39. The number of aliphatic hydroxyl groups is 1. The number of Topliss-reactive ketones (excluding diaryl/α,β-unsaturated/α-hetero) is 2. The van der Waals surface area contributed by atoms with Crippen LogP contribution in [-0.4, -0.2) is 16.7 Å². The first-order chi connectivity index (χ1) is 4.63. The molecular weight excluding hydrogens is 132 g/mol. The Morgan fingerprint density at radius 3 is 2.10 bits per heavy atom. The Hall–Kier alpha value is -1.12. The molecule has 3 nitrogen and oxygen atoms in total. The van der Waals surface area contributed by atoms with E-state index in [2.05, 4.69) is 0 Å². The van der Waals surface area contributed by atoms with Crippen molar-refractivity contribution in [1.82, 2.24) is 0 Å². The number of allylic oxidation sites excluding steroid dienone is 1. The SMILES string of the molecule is CCC(=O)C(=CO)C(C)=O. The molecule has 3 heteroatoms. The molecule has 0 fully saturated rings. The highest BCUT2D eigenvalue weighted by atomic mass is 16.2. The van der Waals surface area contributed by atoms with E-state index in [1.807, 2.05) is 0 Å². The van der Waals surface area contributed by atoms with Crippen molar-refractivity contribution in [3.63, 3.8) is 0 Å². The molecule has 10 heavy (non-hydrogen) atoms. The summed E-state index contributed by atoms with van der Waals surface area (Å²) in [6.07, 6.45) is 0.806. The second kappa shape index (κ2) is 3.82. The minimum Gasteiger partial charge on any atom is -0.515 e. The van der Waals surface area contributed by atoms with Gasteiger partial charge in [-0.15, -0.1) is 0 Å². The average molecular weight is 142 g/mol. The minimum absolute atomic E-state index is 0.123. The van der Waals surface area contributed by atoms with Crippen molar-refractivity contribution >= 4 is 11.6 Å². The summed E-state index contributed by atoms with van der Waals surface area (Å²) in [6.45, 7) is 2.88. The van der Waals surface area contributed by atoms with Gasteiger partial charge in [0.1, 0.15) is 0 Å². The number of hydrogen-bond acceptors (Lipinski definition) is 3. The molecule has 0 aliphatic rings. The number of aliphatic hydroxyl groups excluding tert-OH is 1. The topological polar surface area (TPSA) is 54.4 Å². The van der Waals surface area contributed by atoms with Crippen LogP contribution < -0.4 is 0 Å². The number of hydrogen-bond donors (Lipinski definition) is 1. The molecule has 0 spiro atoms. The Balaban J connectivity index is 4.39. The first kappa shape index (κ1) is 8.88. The van der Waals surface area contributed by atoms with E-state index in [-0.39, 0.29) is 17.8 Å². The quantitative estimate of drug-likeness (QED) is 0.277. The first-order valence-electron chi connectivity index (χ1n) is 3.02. The summed E-state index contributed by atoms with van der Waals surface area (Å²) in [5.74, 6) is -0.718. The van der Waals surface area contributed by atoms with Crippen LogP contribution in [0.4, 0.5) is 0 Å². The third-order valence-electron chi connectivity index (χ3n) is 1.13. The lowest BCUT2D eigenvalue weighted by Gasteiger charge is -1.95. The van der Waals surface area contributed by atoms with Gasteiger partial charge >= 0.3 is 0 Å².